The van der Waals surface area contributed by atoms with Crippen LogP contribution >= 0.6 is 0 Å². The first-order chi connectivity index (χ1) is 13.0. The number of nitrogens with zero attached hydrogens (tertiary/aromatic N) is 4. The lowest BCUT2D eigenvalue weighted by atomic mass is 9.97. The molecule has 1 aromatic carbocycles. The van der Waals surface area contributed by atoms with Crippen molar-refractivity contribution in [2.24, 2.45) is 0 Å². The van der Waals surface area contributed by atoms with Crippen LogP contribution in [-0.4, -0.2) is 53.0 Å². The Balaban J connectivity index is 1.62. The van der Waals surface area contributed by atoms with Crippen LogP contribution < -0.4 is 14.8 Å². The second-order valence-corrected chi connectivity index (χ2v) is 6.95. The minimum absolute atomic E-state index is 0.0855. The van der Waals surface area contributed by atoms with Crippen molar-refractivity contribution in [2.75, 3.05) is 27.3 Å². The fourth-order valence-electron chi connectivity index (χ4n) is 3.45. The lowest BCUT2D eigenvalue weighted by Crippen LogP contribution is -2.38. The number of rotatable bonds is 6. The van der Waals surface area contributed by atoms with E-state index in [0.717, 1.165) is 29.3 Å². The van der Waals surface area contributed by atoms with Crippen LogP contribution in [-0.2, 0) is 6.54 Å². The first-order valence-electron chi connectivity index (χ1n) is 9.16. The highest BCUT2D eigenvalue weighted by atomic mass is 16.5. The minimum atomic E-state index is -0.0855. The topological polar surface area (TPSA) is 81.5 Å². The Morgan fingerprint density at radius 3 is 2.85 bits per heavy atom. The molecule has 1 saturated heterocycles. The zero-order valence-corrected chi connectivity index (χ0v) is 16.3. The van der Waals surface area contributed by atoms with Gasteiger partial charge in [0.05, 0.1) is 20.8 Å². The van der Waals surface area contributed by atoms with Crippen molar-refractivity contribution in [3.8, 4) is 11.5 Å². The van der Waals surface area contributed by atoms with Crippen molar-refractivity contribution in [1.82, 2.24) is 25.0 Å². The lowest BCUT2D eigenvalue weighted by Gasteiger charge is -2.19. The van der Waals surface area contributed by atoms with E-state index in [1.54, 1.807) is 20.5 Å². The van der Waals surface area contributed by atoms with Crippen molar-refractivity contribution in [2.45, 2.75) is 38.8 Å². The predicted molar refractivity (Wildman–Crippen MR) is 101 cm³/mol. The Morgan fingerprint density at radius 2 is 2.15 bits per heavy atom. The number of aromatic nitrogens is 3. The average Bonchev–Trinajstić information content (AvgIpc) is 3.35. The zero-order valence-electron chi connectivity index (χ0n) is 16.3. The number of urea groups is 1. The van der Waals surface area contributed by atoms with Gasteiger partial charge in [0.1, 0.15) is 17.8 Å². The molecule has 2 amide bonds. The SMILES string of the molecule is COc1ccc(OC)c([C@H]2CCN(C(=O)NCc3nncn3C(C)C)C2)c1. The molecule has 2 heterocycles. The van der Waals surface area contributed by atoms with Gasteiger partial charge in [0.2, 0.25) is 0 Å². The Morgan fingerprint density at radius 1 is 1.33 bits per heavy atom. The standard InChI is InChI=1S/C19H27N5O3/c1-13(2)24-12-21-22-18(24)10-20-19(25)23-8-7-14(11-23)16-9-15(26-3)5-6-17(16)27-4/h5-6,9,12-14H,7-8,10-11H2,1-4H3,(H,20,25)/t14-/m0/s1. The molecule has 8 heteroatoms. The van der Waals surface area contributed by atoms with E-state index >= 15 is 0 Å². The molecular weight excluding hydrogens is 346 g/mol. The van der Waals surface area contributed by atoms with Crippen LogP contribution in [0.3, 0.4) is 0 Å². The number of benzene rings is 1. The van der Waals surface area contributed by atoms with Crippen LogP contribution in [0.1, 0.15) is 43.6 Å². The van der Waals surface area contributed by atoms with Gasteiger partial charge in [0, 0.05) is 30.6 Å². The van der Waals surface area contributed by atoms with E-state index in [-0.39, 0.29) is 18.0 Å². The highest BCUT2D eigenvalue weighted by Gasteiger charge is 2.29. The lowest BCUT2D eigenvalue weighted by molar-refractivity contribution is 0.207. The van der Waals surface area contributed by atoms with Crippen LogP contribution in [0.4, 0.5) is 4.79 Å². The highest BCUT2D eigenvalue weighted by molar-refractivity contribution is 5.74. The van der Waals surface area contributed by atoms with Gasteiger partial charge in [-0.2, -0.15) is 0 Å². The normalized spacial score (nSPS) is 16.6. The third-order valence-corrected chi connectivity index (χ3v) is 4.95. The first-order valence-corrected chi connectivity index (χ1v) is 9.16. The largest absolute Gasteiger partial charge is 0.497 e. The first kappa shape index (κ1) is 19.0. The van der Waals surface area contributed by atoms with E-state index < -0.39 is 0 Å². The molecule has 2 aromatic rings. The van der Waals surface area contributed by atoms with Gasteiger partial charge in [-0.3, -0.25) is 0 Å². The number of amides is 2. The van der Waals surface area contributed by atoms with Gasteiger partial charge in [0.25, 0.3) is 0 Å². The Kier molecular flexibility index (Phi) is 5.83. The number of nitrogens with one attached hydrogen (secondary N) is 1. The molecule has 1 aliphatic heterocycles. The van der Waals surface area contributed by atoms with E-state index in [4.69, 9.17) is 9.47 Å². The minimum Gasteiger partial charge on any atom is -0.497 e. The van der Waals surface area contributed by atoms with Crippen LogP contribution in [0.5, 0.6) is 11.5 Å². The number of carbonyl (C=O) groups is 1. The van der Waals surface area contributed by atoms with E-state index in [1.165, 1.54) is 0 Å². The fourth-order valence-corrected chi connectivity index (χ4v) is 3.45. The van der Waals surface area contributed by atoms with Crippen LogP contribution in [0.15, 0.2) is 24.5 Å². The molecule has 0 unspecified atom stereocenters. The quantitative estimate of drug-likeness (QED) is 0.842. The maximum absolute atomic E-state index is 12.6. The average molecular weight is 373 g/mol. The number of likely N-dealkylation sites (tertiary alicyclic amines) is 1. The van der Waals surface area contributed by atoms with E-state index in [0.29, 0.717) is 19.6 Å². The second kappa shape index (κ2) is 8.28. The van der Waals surface area contributed by atoms with Gasteiger partial charge in [-0.25, -0.2) is 4.79 Å². The molecule has 1 fully saturated rings. The maximum Gasteiger partial charge on any atom is 0.317 e. The summed E-state index contributed by atoms with van der Waals surface area (Å²) in [6.45, 7) is 5.82. The summed E-state index contributed by atoms with van der Waals surface area (Å²) in [6.07, 6.45) is 2.58. The van der Waals surface area contributed by atoms with Crippen LogP contribution in [0, 0.1) is 0 Å². The molecule has 1 atom stereocenters. The van der Waals surface area contributed by atoms with Crippen molar-refractivity contribution in [3.63, 3.8) is 0 Å². The monoisotopic (exact) mass is 373 g/mol. The molecule has 1 aromatic heterocycles. The molecule has 146 valence electrons. The molecule has 3 rings (SSSR count). The number of methoxy groups -OCH3 is 2. The summed E-state index contributed by atoms with van der Waals surface area (Å²) in [4.78, 5) is 14.4. The summed E-state index contributed by atoms with van der Waals surface area (Å²) < 4.78 is 12.8. The summed E-state index contributed by atoms with van der Waals surface area (Å²) in [7, 11) is 3.31. The molecule has 0 aliphatic carbocycles. The van der Waals surface area contributed by atoms with Gasteiger partial charge in [-0.05, 0) is 38.5 Å². The number of carbonyl (C=O) groups excluding carboxylic acids is 1. The molecule has 27 heavy (non-hydrogen) atoms. The van der Waals surface area contributed by atoms with Gasteiger partial charge in [0.15, 0.2) is 5.82 Å². The predicted octanol–water partition coefficient (Wildman–Crippen LogP) is 2.58. The van der Waals surface area contributed by atoms with Crippen molar-refractivity contribution in [3.05, 3.63) is 35.9 Å². The number of hydrogen-bond acceptors (Lipinski definition) is 5. The second-order valence-electron chi connectivity index (χ2n) is 6.95. The van der Waals surface area contributed by atoms with E-state index in [2.05, 4.69) is 29.4 Å². The van der Waals surface area contributed by atoms with Gasteiger partial charge >= 0.3 is 6.03 Å². The Labute approximate surface area is 159 Å². The Hall–Kier alpha value is -2.77. The molecule has 1 aliphatic rings. The molecule has 8 nitrogen and oxygen atoms in total. The van der Waals surface area contributed by atoms with Gasteiger partial charge in [-0.15, -0.1) is 10.2 Å². The highest BCUT2D eigenvalue weighted by Crippen LogP contribution is 2.35. The summed E-state index contributed by atoms with van der Waals surface area (Å²) in [5, 5.41) is 11.0. The third-order valence-electron chi connectivity index (χ3n) is 4.95. The molecule has 0 radical (unpaired) electrons. The molecule has 0 spiro atoms. The summed E-state index contributed by atoms with van der Waals surface area (Å²) >= 11 is 0. The van der Waals surface area contributed by atoms with Crippen molar-refractivity contribution < 1.29 is 14.3 Å². The summed E-state index contributed by atoms with van der Waals surface area (Å²) in [6, 6.07) is 5.96. The number of ether oxygens (including phenoxy) is 2. The maximum atomic E-state index is 12.6. The van der Waals surface area contributed by atoms with Crippen LogP contribution in [0.25, 0.3) is 0 Å². The zero-order chi connectivity index (χ0) is 19.4. The molecule has 0 saturated carbocycles. The molecule has 1 N–H and O–H groups in total. The van der Waals surface area contributed by atoms with E-state index in [1.807, 2.05) is 27.7 Å². The van der Waals surface area contributed by atoms with Gasteiger partial charge < -0.3 is 24.3 Å². The van der Waals surface area contributed by atoms with Crippen LogP contribution in [0.2, 0.25) is 0 Å². The molecule has 0 bridgehead atoms. The number of hydrogen-bond donors (Lipinski definition) is 1. The summed E-state index contributed by atoms with van der Waals surface area (Å²) in [5.74, 6) is 2.60. The van der Waals surface area contributed by atoms with Crippen molar-refractivity contribution in [1.29, 1.82) is 0 Å². The summed E-state index contributed by atoms with van der Waals surface area (Å²) in [5.41, 5.74) is 1.08. The molecular formula is C19H27N5O3. The van der Waals surface area contributed by atoms with Gasteiger partial charge in [-0.1, -0.05) is 0 Å². The van der Waals surface area contributed by atoms with Crippen molar-refractivity contribution >= 4 is 6.03 Å². The van der Waals surface area contributed by atoms with E-state index in [9.17, 15) is 4.79 Å². The fraction of sp³-hybridized carbons (Fsp3) is 0.526. The Bertz CT molecular complexity index is 789. The smallest absolute Gasteiger partial charge is 0.317 e. The third kappa shape index (κ3) is 4.15.